The van der Waals surface area contributed by atoms with Crippen LogP contribution in [0.3, 0.4) is 0 Å². The van der Waals surface area contributed by atoms with Gasteiger partial charge in [-0.05, 0) is 6.07 Å². The number of allylic oxidation sites excluding steroid dienone is 2. The van der Waals surface area contributed by atoms with Crippen LogP contribution in [0.4, 0.5) is 0 Å². The van der Waals surface area contributed by atoms with E-state index < -0.39 is 0 Å². The fraction of sp³-hybridized carbons (Fsp3) is 0.0833. The van der Waals surface area contributed by atoms with Crippen LogP contribution in [0, 0.1) is 10.1 Å². The third-order valence-electron chi connectivity index (χ3n) is 2.77. The second-order valence-electron chi connectivity index (χ2n) is 3.70. The van der Waals surface area contributed by atoms with Gasteiger partial charge < -0.3 is 0 Å². The molecule has 0 spiro atoms. The van der Waals surface area contributed by atoms with Crippen molar-refractivity contribution in [2.75, 3.05) is 0 Å². The summed E-state index contributed by atoms with van der Waals surface area (Å²) in [4.78, 5) is 14.9. The van der Waals surface area contributed by atoms with Crippen molar-refractivity contribution in [3.05, 3.63) is 68.5 Å². The number of para-hydroxylation sites is 1. The van der Waals surface area contributed by atoms with Gasteiger partial charge in [0.2, 0.25) is 0 Å². The standard InChI is InChI=1S/C12H8N2O2/c15-14(16)11-7-3-5-9-8-4-1-2-6-10(8)13-12(9)11/h1-6H,7H2. The van der Waals surface area contributed by atoms with Crippen LogP contribution < -0.4 is 10.6 Å². The number of benzene rings is 1. The predicted octanol–water partition coefficient (Wildman–Crippen LogP) is 0.919. The third kappa shape index (κ3) is 1.13. The maximum Gasteiger partial charge on any atom is 0.275 e. The lowest BCUT2D eigenvalue weighted by molar-refractivity contribution is -0.427. The van der Waals surface area contributed by atoms with Gasteiger partial charge in [0, 0.05) is 10.8 Å². The van der Waals surface area contributed by atoms with E-state index in [0.717, 1.165) is 16.1 Å². The number of hydrogen-bond donors (Lipinski definition) is 0. The zero-order chi connectivity index (χ0) is 11.1. The average molecular weight is 212 g/mol. The largest absolute Gasteiger partial charge is 0.275 e. The highest BCUT2D eigenvalue weighted by molar-refractivity contribution is 5.76. The van der Waals surface area contributed by atoms with Crippen LogP contribution in [0.25, 0.3) is 5.57 Å². The van der Waals surface area contributed by atoms with Crippen LogP contribution >= 0.6 is 0 Å². The number of fused-ring (bicyclic) bond motifs is 2. The summed E-state index contributed by atoms with van der Waals surface area (Å²) in [5.41, 5.74) is 1.58. The molecule has 0 N–H and O–H groups in total. The molecular formula is C12H8N2O2. The minimum absolute atomic E-state index is 0.189. The van der Waals surface area contributed by atoms with Crippen LogP contribution in [0.1, 0.15) is 6.42 Å². The second kappa shape index (κ2) is 3.13. The summed E-state index contributed by atoms with van der Waals surface area (Å²) in [5.74, 6) is 0. The predicted molar refractivity (Wildman–Crippen MR) is 58.4 cm³/mol. The van der Waals surface area contributed by atoms with E-state index in [1.54, 1.807) is 0 Å². The first-order valence-electron chi connectivity index (χ1n) is 5.00. The molecule has 0 saturated carbocycles. The maximum atomic E-state index is 10.9. The van der Waals surface area contributed by atoms with Gasteiger partial charge in [-0.2, -0.15) is 0 Å². The summed E-state index contributed by atoms with van der Waals surface area (Å²) in [7, 11) is 0. The summed E-state index contributed by atoms with van der Waals surface area (Å²) in [5, 5.41) is 12.7. The van der Waals surface area contributed by atoms with Gasteiger partial charge in [0.25, 0.3) is 5.70 Å². The van der Waals surface area contributed by atoms with Crippen molar-refractivity contribution in [1.82, 2.24) is 0 Å². The summed E-state index contributed by atoms with van der Waals surface area (Å²) in [6, 6.07) is 7.61. The van der Waals surface area contributed by atoms with E-state index in [0.29, 0.717) is 12.1 Å². The van der Waals surface area contributed by atoms with Crippen LogP contribution in [-0.4, -0.2) is 4.92 Å². The highest BCUT2D eigenvalue weighted by Crippen LogP contribution is 2.26. The minimum atomic E-state index is -0.339. The molecule has 1 aromatic rings. The Balaban J connectivity index is 2.41. The summed E-state index contributed by atoms with van der Waals surface area (Å²) >= 11 is 0. The quantitative estimate of drug-likeness (QED) is 0.513. The summed E-state index contributed by atoms with van der Waals surface area (Å²) < 4.78 is 0. The molecule has 4 nitrogen and oxygen atoms in total. The summed E-state index contributed by atoms with van der Waals surface area (Å²) in [6.45, 7) is 0. The highest BCUT2D eigenvalue weighted by atomic mass is 16.6. The van der Waals surface area contributed by atoms with E-state index in [9.17, 15) is 10.1 Å². The van der Waals surface area contributed by atoms with E-state index in [4.69, 9.17) is 0 Å². The first-order valence-corrected chi connectivity index (χ1v) is 5.00. The molecule has 0 fully saturated rings. The van der Waals surface area contributed by atoms with Gasteiger partial charge >= 0.3 is 0 Å². The molecule has 1 aliphatic heterocycles. The Hall–Kier alpha value is -2.23. The van der Waals surface area contributed by atoms with Crippen molar-refractivity contribution < 1.29 is 4.92 Å². The van der Waals surface area contributed by atoms with Crippen LogP contribution in [0.15, 0.2) is 52.8 Å². The van der Waals surface area contributed by atoms with E-state index in [1.807, 2.05) is 36.4 Å². The number of hydrogen-bond acceptors (Lipinski definition) is 3. The zero-order valence-corrected chi connectivity index (χ0v) is 8.38. The lowest BCUT2D eigenvalue weighted by Gasteiger charge is -2.05. The molecule has 16 heavy (non-hydrogen) atoms. The Labute approximate surface area is 91.1 Å². The average Bonchev–Trinajstić information content (AvgIpc) is 2.67. The molecule has 2 aliphatic rings. The monoisotopic (exact) mass is 212 g/mol. The number of nitro groups is 1. The van der Waals surface area contributed by atoms with Gasteiger partial charge in [-0.15, -0.1) is 0 Å². The van der Waals surface area contributed by atoms with E-state index in [-0.39, 0.29) is 10.6 Å². The van der Waals surface area contributed by atoms with Crippen molar-refractivity contribution in [2.45, 2.75) is 6.42 Å². The molecule has 3 rings (SSSR count). The normalized spacial score (nSPS) is 16.9. The van der Waals surface area contributed by atoms with Crippen LogP contribution in [0.2, 0.25) is 0 Å². The van der Waals surface area contributed by atoms with Crippen LogP contribution in [0.5, 0.6) is 0 Å². The molecule has 78 valence electrons. The van der Waals surface area contributed by atoms with Gasteiger partial charge in [-0.25, -0.2) is 4.99 Å². The maximum absolute atomic E-state index is 10.9. The molecule has 1 heterocycles. The fourth-order valence-corrected chi connectivity index (χ4v) is 2.04. The van der Waals surface area contributed by atoms with E-state index >= 15 is 0 Å². The Kier molecular flexibility index (Phi) is 1.77. The molecule has 1 aliphatic carbocycles. The topological polar surface area (TPSA) is 55.5 Å². The molecule has 0 bridgehead atoms. The van der Waals surface area contributed by atoms with E-state index in [1.165, 1.54) is 0 Å². The Morgan fingerprint density at radius 2 is 2.12 bits per heavy atom. The fourth-order valence-electron chi connectivity index (χ4n) is 2.04. The van der Waals surface area contributed by atoms with Crippen molar-refractivity contribution in [3.63, 3.8) is 0 Å². The Morgan fingerprint density at radius 1 is 1.31 bits per heavy atom. The van der Waals surface area contributed by atoms with Crippen molar-refractivity contribution in [1.29, 1.82) is 0 Å². The highest BCUT2D eigenvalue weighted by Gasteiger charge is 2.25. The zero-order valence-electron chi connectivity index (χ0n) is 8.38. The van der Waals surface area contributed by atoms with Crippen molar-refractivity contribution in [2.24, 2.45) is 4.99 Å². The van der Waals surface area contributed by atoms with E-state index in [2.05, 4.69) is 4.99 Å². The van der Waals surface area contributed by atoms with Crippen LogP contribution in [-0.2, 0) is 0 Å². The summed E-state index contributed by atoms with van der Waals surface area (Å²) in [6.07, 6.45) is 4.08. The Morgan fingerprint density at radius 3 is 2.94 bits per heavy atom. The smallest absolute Gasteiger partial charge is 0.259 e. The Bertz CT molecular complexity index is 669. The van der Waals surface area contributed by atoms with Gasteiger partial charge in [-0.1, -0.05) is 30.4 Å². The number of nitrogens with zero attached hydrogens (tertiary/aromatic N) is 2. The first-order chi connectivity index (χ1) is 7.77. The van der Waals surface area contributed by atoms with Gasteiger partial charge in [0.1, 0.15) is 5.70 Å². The van der Waals surface area contributed by atoms with Gasteiger partial charge in [0.15, 0.2) is 0 Å². The molecule has 0 radical (unpaired) electrons. The molecule has 4 heteroatoms. The molecule has 0 amide bonds. The molecule has 0 saturated heterocycles. The second-order valence-corrected chi connectivity index (χ2v) is 3.70. The number of rotatable bonds is 1. The van der Waals surface area contributed by atoms with Gasteiger partial charge in [-0.3, -0.25) is 10.1 Å². The minimum Gasteiger partial charge on any atom is -0.259 e. The lowest BCUT2D eigenvalue weighted by Crippen LogP contribution is -2.21. The van der Waals surface area contributed by atoms with Crippen molar-refractivity contribution >= 4 is 5.57 Å². The molecule has 1 aromatic carbocycles. The molecule has 0 aromatic heterocycles. The molecule has 0 atom stereocenters. The third-order valence-corrected chi connectivity index (χ3v) is 2.77. The van der Waals surface area contributed by atoms with Gasteiger partial charge in [0.05, 0.1) is 16.7 Å². The first kappa shape index (κ1) is 9.03. The SMILES string of the molecule is O=[N+]([O-])C1=C2N=c3ccccc3=C2C=CC1. The molecular weight excluding hydrogens is 204 g/mol. The van der Waals surface area contributed by atoms with Crippen molar-refractivity contribution in [3.8, 4) is 0 Å². The lowest BCUT2D eigenvalue weighted by atomic mass is 10.0. The molecule has 0 unspecified atom stereocenters.